The summed E-state index contributed by atoms with van der Waals surface area (Å²) in [7, 11) is 1.78. The highest BCUT2D eigenvalue weighted by Gasteiger charge is 2.31. The van der Waals surface area contributed by atoms with E-state index in [2.05, 4.69) is 23.7 Å². The Bertz CT molecular complexity index is 414. The van der Waals surface area contributed by atoms with Crippen molar-refractivity contribution in [2.75, 3.05) is 25.1 Å². The zero-order chi connectivity index (χ0) is 13.9. The first kappa shape index (κ1) is 14.3. The Morgan fingerprint density at radius 3 is 2.89 bits per heavy atom. The zero-order valence-corrected chi connectivity index (χ0v) is 12.1. The van der Waals surface area contributed by atoms with Crippen LogP contribution in [0.4, 0.5) is 5.82 Å². The fourth-order valence-corrected chi connectivity index (χ4v) is 2.64. The summed E-state index contributed by atoms with van der Waals surface area (Å²) in [6.07, 6.45) is 3.08. The van der Waals surface area contributed by atoms with Crippen molar-refractivity contribution < 1.29 is 9.84 Å². The number of aliphatic hydroxyl groups excluding tert-OH is 1. The fourth-order valence-electron chi connectivity index (χ4n) is 2.64. The van der Waals surface area contributed by atoms with Gasteiger partial charge in [0.2, 0.25) is 0 Å². The van der Waals surface area contributed by atoms with Crippen molar-refractivity contribution >= 4 is 5.82 Å². The van der Waals surface area contributed by atoms with Gasteiger partial charge < -0.3 is 14.7 Å². The normalized spacial score (nSPS) is 23.7. The summed E-state index contributed by atoms with van der Waals surface area (Å²) in [5.74, 6) is 0.964. The summed E-state index contributed by atoms with van der Waals surface area (Å²) < 4.78 is 5.62. The average Bonchev–Trinajstić information content (AvgIpc) is 2.46. The van der Waals surface area contributed by atoms with E-state index in [4.69, 9.17) is 4.74 Å². The third-order valence-electron chi connectivity index (χ3n) is 3.95. The molecule has 0 bridgehead atoms. The van der Waals surface area contributed by atoms with E-state index >= 15 is 0 Å². The minimum Gasteiger partial charge on any atom is -0.392 e. The second-order valence-corrected chi connectivity index (χ2v) is 5.52. The molecule has 106 valence electrons. The predicted molar refractivity (Wildman–Crippen MR) is 76.4 cm³/mol. The molecule has 1 unspecified atom stereocenters. The molecular formula is C15H24N2O2. The Labute approximate surface area is 115 Å². The maximum absolute atomic E-state index is 9.36. The first-order valence-electron chi connectivity index (χ1n) is 7.01. The minimum absolute atomic E-state index is 0.0674. The lowest BCUT2D eigenvalue weighted by Crippen LogP contribution is -2.47. The quantitative estimate of drug-likeness (QED) is 0.905. The predicted octanol–water partition coefficient (Wildman–Crippen LogP) is 2.14. The number of hydrogen-bond donors (Lipinski definition) is 1. The van der Waals surface area contributed by atoms with E-state index in [0.29, 0.717) is 0 Å². The van der Waals surface area contributed by atoms with Gasteiger partial charge in [0.1, 0.15) is 5.82 Å². The summed E-state index contributed by atoms with van der Waals surface area (Å²) in [6.45, 7) is 6.16. The maximum atomic E-state index is 9.36. The van der Waals surface area contributed by atoms with Gasteiger partial charge in [-0.3, -0.25) is 0 Å². The highest BCUT2D eigenvalue weighted by Crippen LogP contribution is 2.27. The Hall–Kier alpha value is -1.13. The van der Waals surface area contributed by atoms with Gasteiger partial charge in [-0.1, -0.05) is 6.92 Å². The third kappa shape index (κ3) is 3.25. The molecule has 1 N–H and O–H groups in total. The lowest BCUT2D eigenvalue weighted by molar-refractivity contribution is -0.00482. The summed E-state index contributed by atoms with van der Waals surface area (Å²) >= 11 is 0. The average molecular weight is 264 g/mol. The molecule has 1 aromatic rings. The van der Waals surface area contributed by atoms with E-state index in [0.717, 1.165) is 49.4 Å². The number of aliphatic hydroxyl groups is 1. The van der Waals surface area contributed by atoms with Crippen LogP contribution < -0.4 is 4.90 Å². The molecule has 0 aliphatic carbocycles. The largest absolute Gasteiger partial charge is 0.392 e. The number of aromatic nitrogens is 1. The molecule has 1 aliphatic heterocycles. The SMILES string of the molecule is CCc1cc(CO)cc(N2CCCC(C)(OC)C2)n1. The Kier molecular flexibility index (Phi) is 4.42. The van der Waals surface area contributed by atoms with E-state index in [1.165, 1.54) is 0 Å². The molecule has 4 nitrogen and oxygen atoms in total. The number of nitrogens with zero attached hydrogens (tertiary/aromatic N) is 2. The number of hydrogen-bond acceptors (Lipinski definition) is 4. The molecule has 0 aromatic carbocycles. The molecule has 2 heterocycles. The van der Waals surface area contributed by atoms with E-state index in [-0.39, 0.29) is 12.2 Å². The topological polar surface area (TPSA) is 45.6 Å². The highest BCUT2D eigenvalue weighted by molar-refractivity contribution is 5.43. The molecule has 4 heteroatoms. The number of anilines is 1. The second-order valence-electron chi connectivity index (χ2n) is 5.52. The van der Waals surface area contributed by atoms with Crippen molar-refractivity contribution in [2.24, 2.45) is 0 Å². The van der Waals surface area contributed by atoms with E-state index < -0.39 is 0 Å². The molecule has 1 aliphatic rings. The number of aryl methyl sites for hydroxylation is 1. The van der Waals surface area contributed by atoms with Crippen molar-refractivity contribution in [3.05, 3.63) is 23.4 Å². The van der Waals surface area contributed by atoms with Crippen LogP contribution in [-0.2, 0) is 17.8 Å². The lowest BCUT2D eigenvalue weighted by atomic mass is 9.94. The van der Waals surface area contributed by atoms with E-state index in [9.17, 15) is 5.11 Å². The first-order valence-corrected chi connectivity index (χ1v) is 7.01. The van der Waals surface area contributed by atoms with Gasteiger partial charge in [-0.05, 0) is 43.9 Å². The number of piperidine rings is 1. The van der Waals surface area contributed by atoms with Crippen LogP contribution in [0.5, 0.6) is 0 Å². The molecule has 1 atom stereocenters. The molecule has 0 spiro atoms. The summed E-state index contributed by atoms with van der Waals surface area (Å²) in [4.78, 5) is 6.95. The number of ether oxygens (including phenoxy) is 1. The number of rotatable bonds is 4. The van der Waals surface area contributed by atoms with Crippen LogP contribution >= 0.6 is 0 Å². The molecule has 1 saturated heterocycles. The van der Waals surface area contributed by atoms with Gasteiger partial charge in [-0.25, -0.2) is 4.98 Å². The van der Waals surface area contributed by atoms with Gasteiger partial charge in [-0.2, -0.15) is 0 Å². The van der Waals surface area contributed by atoms with Crippen LogP contribution in [0, 0.1) is 0 Å². The highest BCUT2D eigenvalue weighted by atomic mass is 16.5. The standard InChI is InChI=1S/C15H24N2O2/c1-4-13-8-12(10-18)9-14(16-13)17-7-5-6-15(2,11-17)19-3/h8-9,18H,4-7,10-11H2,1-3H3. The summed E-state index contributed by atoms with van der Waals surface area (Å²) in [5.41, 5.74) is 1.87. The van der Waals surface area contributed by atoms with E-state index in [1.54, 1.807) is 7.11 Å². The molecule has 0 radical (unpaired) electrons. The second kappa shape index (κ2) is 5.88. The minimum atomic E-state index is -0.0957. The molecule has 2 rings (SSSR count). The first-order chi connectivity index (χ1) is 9.10. The van der Waals surface area contributed by atoms with Crippen LogP contribution in [0.25, 0.3) is 0 Å². The lowest BCUT2D eigenvalue weighted by Gasteiger charge is -2.40. The van der Waals surface area contributed by atoms with Gasteiger partial charge in [0.25, 0.3) is 0 Å². The van der Waals surface area contributed by atoms with Crippen LogP contribution in [0.2, 0.25) is 0 Å². The van der Waals surface area contributed by atoms with Gasteiger partial charge in [0.05, 0.1) is 12.2 Å². The van der Waals surface area contributed by atoms with Gasteiger partial charge in [0.15, 0.2) is 0 Å². The smallest absolute Gasteiger partial charge is 0.129 e. The van der Waals surface area contributed by atoms with Crippen molar-refractivity contribution in [1.82, 2.24) is 4.98 Å². The zero-order valence-electron chi connectivity index (χ0n) is 12.1. The molecule has 1 aromatic heterocycles. The van der Waals surface area contributed by atoms with E-state index in [1.807, 2.05) is 12.1 Å². The van der Waals surface area contributed by atoms with Crippen LogP contribution in [0.1, 0.15) is 37.9 Å². The van der Waals surface area contributed by atoms with Gasteiger partial charge >= 0.3 is 0 Å². The third-order valence-corrected chi connectivity index (χ3v) is 3.95. The summed E-state index contributed by atoms with van der Waals surface area (Å²) in [6, 6.07) is 3.96. The number of pyridine rings is 1. The molecule has 19 heavy (non-hydrogen) atoms. The molecule has 0 saturated carbocycles. The number of methoxy groups -OCH3 is 1. The molecular weight excluding hydrogens is 240 g/mol. The maximum Gasteiger partial charge on any atom is 0.129 e. The summed E-state index contributed by atoms with van der Waals surface area (Å²) in [5, 5.41) is 9.36. The van der Waals surface area contributed by atoms with Gasteiger partial charge in [0, 0.05) is 25.9 Å². The molecule has 1 fully saturated rings. The van der Waals surface area contributed by atoms with Crippen LogP contribution in [0.15, 0.2) is 12.1 Å². The van der Waals surface area contributed by atoms with Crippen molar-refractivity contribution in [3.63, 3.8) is 0 Å². The van der Waals surface area contributed by atoms with Crippen LogP contribution in [-0.4, -0.2) is 35.9 Å². The monoisotopic (exact) mass is 264 g/mol. The van der Waals surface area contributed by atoms with Crippen molar-refractivity contribution in [2.45, 2.75) is 45.3 Å². The Morgan fingerprint density at radius 1 is 1.47 bits per heavy atom. The van der Waals surface area contributed by atoms with Gasteiger partial charge in [-0.15, -0.1) is 0 Å². The fraction of sp³-hybridized carbons (Fsp3) is 0.667. The van der Waals surface area contributed by atoms with Crippen LogP contribution in [0.3, 0.4) is 0 Å². The molecule has 0 amide bonds. The van der Waals surface area contributed by atoms with Crippen molar-refractivity contribution in [1.29, 1.82) is 0 Å². The Morgan fingerprint density at radius 2 is 2.26 bits per heavy atom. The Balaban J connectivity index is 2.25. The van der Waals surface area contributed by atoms with Crippen molar-refractivity contribution in [3.8, 4) is 0 Å².